The van der Waals surface area contributed by atoms with Crippen LogP contribution in [-0.4, -0.2) is 43.3 Å². The molecule has 0 aromatic rings. The van der Waals surface area contributed by atoms with Crippen molar-refractivity contribution in [2.45, 2.75) is 208 Å². The van der Waals surface area contributed by atoms with Gasteiger partial charge in [0.05, 0.1) is 18.3 Å². The molecular formula is C45H84O3Si3. The molecule has 0 aromatic heterocycles. The van der Waals surface area contributed by atoms with Crippen molar-refractivity contribution in [1.29, 1.82) is 0 Å². The molecule has 0 saturated heterocycles. The Bertz CT molecular complexity index is 1230. The minimum Gasteiger partial charge on any atom is -0.411 e. The van der Waals surface area contributed by atoms with Crippen LogP contribution in [0.2, 0.25) is 55.9 Å². The maximum Gasteiger partial charge on any atom is 0.192 e. The van der Waals surface area contributed by atoms with E-state index in [1.165, 1.54) is 50.5 Å². The third-order valence-electron chi connectivity index (χ3n) is 14.5. The van der Waals surface area contributed by atoms with Gasteiger partial charge in [0, 0.05) is 0 Å². The largest absolute Gasteiger partial charge is 0.411 e. The van der Waals surface area contributed by atoms with Crippen molar-refractivity contribution in [1.82, 2.24) is 0 Å². The summed E-state index contributed by atoms with van der Waals surface area (Å²) in [4.78, 5) is 0. The van der Waals surface area contributed by atoms with E-state index >= 15 is 0 Å². The molecule has 0 bridgehead atoms. The fourth-order valence-corrected chi connectivity index (χ4v) is 12.4. The molecule has 6 heteroatoms. The lowest BCUT2D eigenvalue weighted by Crippen LogP contribution is -2.58. The second kappa shape index (κ2) is 16.7. The Morgan fingerprint density at radius 2 is 1.29 bits per heavy atom. The molecule has 0 heterocycles. The van der Waals surface area contributed by atoms with Crippen LogP contribution >= 0.6 is 0 Å². The van der Waals surface area contributed by atoms with Gasteiger partial charge in [-0.05, 0) is 142 Å². The summed E-state index contributed by atoms with van der Waals surface area (Å²) < 4.78 is 21.8. The minimum atomic E-state index is -2.05. The van der Waals surface area contributed by atoms with Crippen molar-refractivity contribution in [3.63, 3.8) is 0 Å². The van der Waals surface area contributed by atoms with Crippen molar-refractivity contribution < 1.29 is 13.3 Å². The third kappa shape index (κ3) is 11.3. The molecule has 0 aromatic carbocycles. The van der Waals surface area contributed by atoms with E-state index in [-0.39, 0.29) is 28.4 Å². The van der Waals surface area contributed by atoms with Crippen LogP contribution in [0.1, 0.15) is 134 Å². The first-order valence-corrected chi connectivity index (χ1v) is 30.2. The number of hydrogen-bond acceptors (Lipinski definition) is 3. The van der Waals surface area contributed by atoms with Gasteiger partial charge in [-0.1, -0.05) is 124 Å². The predicted octanol–water partition coefficient (Wildman–Crippen LogP) is 14.4. The maximum atomic E-state index is 7.35. The van der Waals surface area contributed by atoms with Gasteiger partial charge in [-0.25, -0.2) is 0 Å². The molecule has 3 aliphatic carbocycles. The lowest BCUT2D eigenvalue weighted by atomic mass is 9.61. The monoisotopic (exact) mass is 757 g/mol. The smallest absolute Gasteiger partial charge is 0.192 e. The van der Waals surface area contributed by atoms with Crippen molar-refractivity contribution in [3.05, 3.63) is 47.6 Å². The Balaban J connectivity index is 1.95. The molecule has 4 unspecified atom stereocenters. The molecule has 0 aliphatic heterocycles. The van der Waals surface area contributed by atoms with Gasteiger partial charge in [0.15, 0.2) is 25.0 Å². The molecule has 294 valence electrons. The highest BCUT2D eigenvalue weighted by molar-refractivity contribution is 6.74. The number of allylic oxidation sites excluding steroid dienone is 7. The molecule has 0 amide bonds. The Hall–Kier alpha value is -0.509. The molecule has 3 nitrogen and oxygen atoms in total. The van der Waals surface area contributed by atoms with E-state index in [4.69, 9.17) is 13.3 Å². The van der Waals surface area contributed by atoms with Gasteiger partial charge in [0.1, 0.15) is 0 Å². The summed E-state index contributed by atoms with van der Waals surface area (Å²) in [6.07, 6.45) is 25.6. The van der Waals surface area contributed by atoms with Crippen LogP contribution in [0.15, 0.2) is 47.6 Å². The van der Waals surface area contributed by atoms with Gasteiger partial charge in [-0.2, -0.15) is 0 Å². The van der Waals surface area contributed by atoms with Gasteiger partial charge in [0.25, 0.3) is 0 Å². The minimum absolute atomic E-state index is 0.0208. The van der Waals surface area contributed by atoms with Crippen LogP contribution in [0.4, 0.5) is 0 Å². The zero-order valence-electron chi connectivity index (χ0n) is 37.0. The van der Waals surface area contributed by atoms with Crippen molar-refractivity contribution in [3.8, 4) is 0 Å². The lowest BCUT2D eigenvalue weighted by molar-refractivity contribution is -0.0502. The lowest BCUT2D eigenvalue weighted by Gasteiger charge is -2.49. The normalized spacial score (nSPS) is 31.3. The van der Waals surface area contributed by atoms with E-state index in [9.17, 15) is 0 Å². The van der Waals surface area contributed by atoms with Crippen LogP contribution in [0, 0.1) is 28.6 Å². The highest BCUT2D eigenvalue weighted by Crippen LogP contribution is 2.59. The zero-order valence-corrected chi connectivity index (χ0v) is 40.0. The van der Waals surface area contributed by atoms with Gasteiger partial charge in [-0.3, -0.25) is 0 Å². The molecule has 3 saturated carbocycles. The predicted molar refractivity (Wildman–Crippen MR) is 232 cm³/mol. The van der Waals surface area contributed by atoms with Crippen molar-refractivity contribution >= 4 is 25.0 Å². The maximum absolute atomic E-state index is 7.35. The second-order valence-electron chi connectivity index (χ2n) is 21.6. The summed E-state index contributed by atoms with van der Waals surface area (Å²) >= 11 is 0. The highest BCUT2D eigenvalue weighted by Gasteiger charge is 2.51. The van der Waals surface area contributed by atoms with Crippen LogP contribution in [0.25, 0.3) is 0 Å². The molecule has 3 fully saturated rings. The summed E-state index contributed by atoms with van der Waals surface area (Å²) in [7, 11) is -5.97. The summed E-state index contributed by atoms with van der Waals surface area (Å²) in [5.74, 6) is 2.03. The molecule has 0 radical (unpaired) electrons. The van der Waals surface area contributed by atoms with Gasteiger partial charge >= 0.3 is 0 Å². The van der Waals surface area contributed by atoms with E-state index in [0.29, 0.717) is 22.7 Å². The van der Waals surface area contributed by atoms with Crippen LogP contribution < -0.4 is 0 Å². The van der Waals surface area contributed by atoms with E-state index in [1.807, 2.05) is 0 Å². The van der Waals surface area contributed by atoms with Gasteiger partial charge < -0.3 is 13.3 Å². The number of rotatable bonds is 13. The molecular weight excluding hydrogens is 673 g/mol. The second-order valence-corrected chi connectivity index (χ2v) is 35.5. The molecule has 3 aliphatic rings. The van der Waals surface area contributed by atoms with E-state index in [1.54, 1.807) is 5.57 Å². The standard InChI is InChI=1S/C45H84O3Si3/c1-19-44(10,20-2)30-22-21-24-34(3)37-28-29-38-36(25-23-31-45(37,38)11)27-26-35-32-39(46-50(15,16)42(4,5)6)41(48-49(12,13)14)40(33-35)47-51(17,18)43(7,8)9/h21-22,24,26-27,30,34,37-41H,19-20,23,25,28-29,31-33H2,1-18H3/b24-21+,30-22+,35-26?,36-27+/t34-,37?,38?,39-,40+,41?,45?/m1/s1. The van der Waals surface area contributed by atoms with Gasteiger partial charge in [0.2, 0.25) is 0 Å². The van der Waals surface area contributed by atoms with Crippen LogP contribution in [0.3, 0.4) is 0 Å². The molecule has 7 atom stereocenters. The summed E-state index contributed by atoms with van der Waals surface area (Å²) in [5.41, 5.74) is 3.87. The first kappa shape index (κ1) is 44.9. The fraction of sp³-hybridized carbons (Fsp3) is 0.822. The van der Waals surface area contributed by atoms with Gasteiger partial charge in [-0.15, -0.1) is 0 Å². The quantitative estimate of drug-likeness (QED) is 0.138. The summed E-state index contributed by atoms with van der Waals surface area (Å²) in [6, 6.07) is 0. The number of hydrogen-bond donors (Lipinski definition) is 0. The molecule has 0 N–H and O–H groups in total. The Morgan fingerprint density at radius 3 is 1.76 bits per heavy atom. The topological polar surface area (TPSA) is 27.7 Å². The van der Waals surface area contributed by atoms with Crippen LogP contribution in [0.5, 0.6) is 0 Å². The van der Waals surface area contributed by atoms with Crippen LogP contribution in [-0.2, 0) is 13.3 Å². The first-order chi connectivity index (χ1) is 23.2. The zero-order chi connectivity index (χ0) is 38.8. The summed E-state index contributed by atoms with van der Waals surface area (Å²) in [5, 5.41) is 0.269. The Kier molecular flexibility index (Phi) is 14.7. The third-order valence-corrected chi connectivity index (χ3v) is 24.5. The molecule has 0 spiro atoms. The van der Waals surface area contributed by atoms with Crippen molar-refractivity contribution in [2.24, 2.45) is 28.6 Å². The SMILES string of the molecule is CCC(C)(/C=C/C=C/[C@@H](C)C1CCC2/C(=C/C=C3C[C@H](O[Si](C)(C)C(C)(C)C)C(O[Si](C)(C)C)[C@H](O[Si](C)(C)C(C)(C)C)C3)CCCC21C)CC. The van der Waals surface area contributed by atoms with E-state index in [2.05, 4.69) is 158 Å². The van der Waals surface area contributed by atoms with E-state index < -0.39 is 25.0 Å². The molecule has 3 rings (SSSR count). The van der Waals surface area contributed by atoms with Crippen molar-refractivity contribution in [2.75, 3.05) is 0 Å². The van der Waals surface area contributed by atoms with E-state index in [0.717, 1.165) is 18.8 Å². The Morgan fingerprint density at radius 1 is 0.765 bits per heavy atom. The number of fused-ring (bicyclic) bond motifs is 1. The highest BCUT2D eigenvalue weighted by atomic mass is 28.4. The summed E-state index contributed by atoms with van der Waals surface area (Å²) in [6.45, 7) is 42.9. The fourth-order valence-electron chi connectivity index (χ4n) is 8.61. The average Bonchev–Trinajstić information content (AvgIpc) is 3.35. The Labute approximate surface area is 321 Å². The molecule has 51 heavy (non-hydrogen) atoms. The first-order valence-electron chi connectivity index (χ1n) is 21.0. The average molecular weight is 757 g/mol.